The van der Waals surface area contributed by atoms with Gasteiger partial charge in [-0.25, -0.2) is 9.79 Å². The number of carbonyl (C=O) groups is 1. The van der Waals surface area contributed by atoms with E-state index in [0.29, 0.717) is 30.8 Å². The quantitative estimate of drug-likeness (QED) is 0.443. The van der Waals surface area contributed by atoms with Gasteiger partial charge in [-0.1, -0.05) is 23.5 Å². The number of carbonyl (C=O) groups excluding carboxylic acids is 1. The Balaban J connectivity index is 1.84. The lowest BCUT2D eigenvalue weighted by atomic mass is 10.0. The van der Waals surface area contributed by atoms with Crippen LogP contribution >= 0.6 is 38.6 Å². The van der Waals surface area contributed by atoms with Gasteiger partial charge >= 0.3 is 5.97 Å². The van der Waals surface area contributed by atoms with Gasteiger partial charge in [-0.3, -0.25) is 9.36 Å². The largest absolute Gasteiger partial charge is 0.478 e. The molecule has 4 rings (SSSR count). The molecule has 3 aromatic rings. The number of hydrogen-bond donors (Lipinski definition) is 0. The number of ether oxygens (including phenoxy) is 2. The Morgan fingerprint density at radius 2 is 2.21 bits per heavy atom. The maximum atomic E-state index is 13.5. The van der Waals surface area contributed by atoms with Crippen molar-refractivity contribution in [2.75, 3.05) is 13.2 Å². The van der Waals surface area contributed by atoms with Crippen LogP contribution in [0.15, 0.2) is 61.2 Å². The fraction of sp³-hybridized carbons (Fsp3) is 0.217. The Morgan fingerprint density at radius 3 is 2.88 bits per heavy atom. The molecule has 0 bridgehead atoms. The van der Waals surface area contributed by atoms with Crippen molar-refractivity contribution in [3.8, 4) is 11.8 Å². The first-order valence-corrected chi connectivity index (χ1v) is 12.5. The molecule has 1 aromatic carbocycles. The van der Waals surface area contributed by atoms with E-state index in [0.717, 1.165) is 10.4 Å². The highest BCUT2D eigenvalue weighted by Crippen LogP contribution is 2.33. The Kier molecular flexibility index (Phi) is 6.93. The van der Waals surface area contributed by atoms with Crippen molar-refractivity contribution < 1.29 is 14.3 Å². The highest BCUT2D eigenvalue weighted by Gasteiger charge is 2.33. The zero-order valence-corrected chi connectivity index (χ0v) is 20.9. The summed E-state index contributed by atoms with van der Waals surface area (Å²) in [6.45, 7) is 3.69. The van der Waals surface area contributed by atoms with Crippen LogP contribution in [0.5, 0.6) is 5.75 Å². The van der Waals surface area contributed by atoms with Crippen molar-refractivity contribution in [3.05, 3.63) is 81.6 Å². The third-order valence-electron chi connectivity index (χ3n) is 4.88. The zero-order chi connectivity index (χ0) is 23.5. The third kappa shape index (κ3) is 4.57. The molecule has 10 heteroatoms. The molecule has 0 aliphatic carbocycles. The van der Waals surface area contributed by atoms with E-state index in [9.17, 15) is 9.59 Å². The normalized spacial score (nSPS) is 15.6. The summed E-state index contributed by atoms with van der Waals surface area (Å²) in [6, 6.07) is 10.5. The smallest absolute Gasteiger partial charge is 0.338 e. The number of thiazole rings is 1. The summed E-state index contributed by atoms with van der Waals surface area (Å²) in [5.74, 6) is 0.0749. The minimum absolute atomic E-state index is 0.0542. The van der Waals surface area contributed by atoms with Crippen LogP contribution < -0.4 is 19.6 Å². The first-order valence-electron chi connectivity index (χ1n) is 9.97. The van der Waals surface area contributed by atoms with E-state index in [2.05, 4.69) is 20.9 Å². The van der Waals surface area contributed by atoms with Crippen molar-refractivity contribution in [1.29, 1.82) is 5.26 Å². The van der Waals surface area contributed by atoms with E-state index in [4.69, 9.17) is 14.7 Å². The second-order valence-corrected chi connectivity index (χ2v) is 9.80. The number of esters is 1. The third-order valence-corrected chi connectivity index (χ3v) is 7.40. The topological polar surface area (TPSA) is 93.7 Å². The van der Waals surface area contributed by atoms with Crippen LogP contribution in [0, 0.1) is 11.3 Å². The van der Waals surface area contributed by atoms with E-state index >= 15 is 0 Å². The average molecular weight is 544 g/mol. The zero-order valence-electron chi connectivity index (χ0n) is 17.7. The summed E-state index contributed by atoms with van der Waals surface area (Å²) in [5, 5.41) is 10.6. The van der Waals surface area contributed by atoms with Crippen LogP contribution in [0.3, 0.4) is 0 Å². The summed E-state index contributed by atoms with van der Waals surface area (Å²) in [4.78, 5) is 32.2. The van der Waals surface area contributed by atoms with E-state index in [1.807, 2.05) is 35.7 Å². The molecule has 7 nitrogen and oxygen atoms in total. The predicted octanol–water partition coefficient (Wildman–Crippen LogP) is 3.52. The van der Waals surface area contributed by atoms with E-state index < -0.39 is 12.0 Å². The number of nitrogens with zero attached hydrogens (tertiary/aromatic N) is 3. The van der Waals surface area contributed by atoms with Crippen molar-refractivity contribution in [1.82, 2.24) is 4.57 Å². The minimum atomic E-state index is -0.587. The maximum absolute atomic E-state index is 13.5. The molecule has 168 valence electrons. The molecular weight excluding hydrogens is 526 g/mol. The lowest BCUT2D eigenvalue weighted by Crippen LogP contribution is -2.39. The molecule has 1 aliphatic rings. The average Bonchev–Trinajstić information content (AvgIpc) is 3.41. The van der Waals surface area contributed by atoms with E-state index in [1.54, 1.807) is 30.6 Å². The molecule has 0 saturated carbocycles. The van der Waals surface area contributed by atoms with Gasteiger partial charge < -0.3 is 9.47 Å². The lowest BCUT2D eigenvalue weighted by Gasteiger charge is -2.23. The second kappa shape index (κ2) is 9.87. The molecule has 0 saturated heterocycles. The van der Waals surface area contributed by atoms with Gasteiger partial charge in [0, 0.05) is 4.88 Å². The molecule has 0 radical (unpaired) electrons. The Labute approximate surface area is 205 Å². The Bertz CT molecular complexity index is 1460. The van der Waals surface area contributed by atoms with Crippen LogP contribution in [0.4, 0.5) is 0 Å². The summed E-state index contributed by atoms with van der Waals surface area (Å²) in [6.07, 6.45) is 1.78. The first kappa shape index (κ1) is 23.2. The summed E-state index contributed by atoms with van der Waals surface area (Å²) >= 11 is 6.18. The molecule has 33 heavy (non-hydrogen) atoms. The predicted molar refractivity (Wildman–Crippen MR) is 130 cm³/mol. The number of fused-ring (bicyclic) bond motifs is 1. The summed E-state index contributed by atoms with van der Waals surface area (Å²) < 4.78 is 13.4. The number of halogens is 1. The summed E-state index contributed by atoms with van der Waals surface area (Å²) in [5.41, 5.74) is 1.47. The fourth-order valence-corrected chi connectivity index (χ4v) is 5.87. The van der Waals surface area contributed by atoms with Gasteiger partial charge in [0.2, 0.25) is 0 Å². The van der Waals surface area contributed by atoms with Gasteiger partial charge in [-0.2, -0.15) is 5.26 Å². The number of aromatic nitrogens is 1. The molecule has 0 amide bonds. The number of rotatable bonds is 6. The number of nitriles is 1. The van der Waals surface area contributed by atoms with Gasteiger partial charge in [0.25, 0.3) is 5.56 Å². The lowest BCUT2D eigenvalue weighted by molar-refractivity contribution is -0.139. The highest BCUT2D eigenvalue weighted by atomic mass is 79.9. The monoisotopic (exact) mass is 543 g/mol. The van der Waals surface area contributed by atoms with Crippen molar-refractivity contribution >= 4 is 50.6 Å². The Hall–Kier alpha value is -3.00. The van der Waals surface area contributed by atoms with Gasteiger partial charge in [-0.15, -0.1) is 11.3 Å². The van der Waals surface area contributed by atoms with Gasteiger partial charge in [0.15, 0.2) is 11.4 Å². The van der Waals surface area contributed by atoms with Crippen LogP contribution in [0.25, 0.3) is 6.08 Å². The SMILES string of the molecule is CCOC(=O)C1=C(C)N=c2s/c(=C\c3ccc(OCC#N)c(Br)c3)c(=O)n2[C@@H]1c1cccs1. The molecule has 0 unspecified atom stereocenters. The standard InChI is InChI=1S/C23H18BrN3O4S2/c1-3-30-22(29)19-13(2)26-23-27(20(19)17-5-4-10-32-17)21(28)18(33-23)12-14-6-7-16(15(24)11-14)31-9-8-25/h4-7,10-12,20H,3,9H2,1-2H3/b18-12-/t20-/m1/s1. The molecule has 2 aromatic heterocycles. The molecule has 0 fully saturated rings. The van der Waals surface area contributed by atoms with Crippen LogP contribution in [0.1, 0.15) is 30.3 Å². The van der Waals surface area contributed by atoms with E-state index in [1.165, 1.54) is 22.7 Å². The Morgan fingerprint density at radius 1 is 1.39 bits per heavy atom. The highest BCUT2D eigenvalue weighted by molar-refractivity contribution is 9.10. The van der Waals surface area contributed by atoms with Crippen molar-refractivity contribution in [2.24, 2.45) is 4.99 Å². The van der Waals surface area contributed by atoms with Gasteiger partial charge in [0.05, 0.1) is 26.9 Å². The molecule has 1 atom stereocenters. The number of thiophene rings is 1. The van der Waals surface area contributed by atoms with Crippen molar-refractivity contribution in [3.63, 3.8) is 0 Å². The number of allylic oxidation sites excluding steroid dienone is 1. The molecule has 3 heterocycles. The van der Waals surface area contributed by atoms with Crippen LogP contribution in [-0.4, -0.2) is 23.8 Å². The molecule has 0 spiro atoms. The first-order chi connectivity index (χ1) is 15.9. The fourth-order valence-electron chi connectivity index (χ4n) is 3.49. The van der Waals surface area contributed by atoms with Crippen LogP contribution in [0.2, 0.25) is 0 Å². The van der Waals surface area contributed by atoms with Crippen LogP contribution in [-0.2, 0) is 9.53 Å². The number of benzene rings is 1. The van der Waals surface area contributed by atoms with E-state index in [-0.39, 0.29) is 18.8 Å². The number of hydrogen-bond acceptors (Lipinski definition) is 8. The summed E-state index contributed by atoms with van der Waals surface area (Å²) in [7, 11) is 0. The van der Waals surface area contributed by atoms with Crippen molar-refractivity contribution in [2.45, 2.75) is 19.9 Å². The molecule has 0 N–H and O–H groups in total. The minimum Gasteiger partial charge on any atom is -0.478 e. The van der Waals surface area contributed by atoms with Gasteiger partial charge in [0.1, 0.15) is 17.9 Å². The second-order valence-electron chi connectivity index (χ2n) is 6.95. The molecule has 1 aliphatic heterocycles. The maximum Gasteiger partial charge on any atom is 0.338 e. The van der Waals surface area contributed by atoms with Gasteiger partial charge in [-0.05, 0) is 65.0 Å². The molecular formula is C23H18BrN3O4S2.